The summed E-state index contributed by atoms with van der Waals surface area (Å²) in [5.74, 6) is 1.55. The fourth-order valence-corrected chi connectivity index (χ4v) is 4.03. The molecule has 3 N–H and O–H groups in total. The van der Waals surface area contributed by atoms with Crippen molar-refractivity contribution in [2.75, 3.05) is 14.2 Å². The van der Waals surface area contributed by atoms with Gasteiger partial charge in [0.05, 0.1) is 25.3 Å². The number of nitrogens with one attached hydrogen (secondary N) is 2. The summed E-state index contributed by atoms with van der Waals surface area (Å²) in [6.45, 7) is 2.07. The topological polar surface area (TPSA) is 113 Å². The van der Waals surface area contributed by atoms with Crippen LogP contribution in [0.4, 0.5) is 0 Å². The monoisotopic (exact) mass is 460 g/mol. The number of aryl methyl sites for hydroxylation is 1. The number of nitrogens with zero attached hydrogens (tertiary/aromatic N) is 2. The van der Waals surface area contributed by atoms with Crippen LogP contribution < -0.4 is 15.0 Å². The van der Waals surface area contributed by atoms with E-state index in [-0.39, 0.29) is 17.1 Å². The Morgan fingerprint density at radius 2 is 1.65 bits per heavy atom. The molecule has 0 bridgehead atoms. The Kier molecular flexibility index (Phi) is 6.96. The highest BCUT2D eigenvalue weighted by Gasteiger charge is 2.26. The maximum Gasteiger partial charge on any atom is 0.263 e. The van der Waals surface area contributed by atoms with E-state index in [1.54, 1.807) is 26.4 Å². The second kappa shape index (κ2) is 10.2. The zero-order valence-electron chi connectivity index (χ0n) is 19.5. The molecule has 0 saturated carbocycles. The Labute approximate surface area is 197 Å². The lowest BCUT2D eigenvalue weighted by Crippen LogP contribution is -2.15. The van der Waals surface area contributed by atoms with Crippen molar-refractivity contribution in [3.63, 3.8) is 0 Å². The molecular weight excluding hydrogens is 432 g/mol. The van der Waals surface area contributed by atoms with Crippen molar-refractivity contribution in [2.24, 2.45) is 0 Å². The lowest BCUT2D eigenvalue weighted by molar-refractivity contribution is 0.396. The third kappa shape index (κ3) is 4.52. The minimum absolute atomic E-state index is 0.00114. The van der Waals surface area contributed by atoms with Gasteiger partial charge in [-0.05, 0) is 30.5 Å². The SMILES string of the molecule is CCCCc1[nH]c(=O)c(-c2n[nH]c(Cc3ccccc3)n2)c(O)c1-c1c(OC)cccc1OC. The molecule has 2 aromatic heterocycles. The molecule has 0 radical (unpaired) electrons. The van der Waals surface area contributed by atoms with E-state index in [9.17, 15) is 9.90 Å². The number of ether oxygens (including phenoxy) is 2. The van der Waals surface area contributed by atoms with Crippen LogP contribution in [0, 0.1) is 0 Å². The molecule has 0 saturated heterocycles. The largest absolute Gasteiger partial charge is 0.506 e. The van der Waals surface area contributed by atoms with Crippen molar-refractivity contribution in [3.05, 3.63) is 76.0 Å². The van der Waals surface area contributed by atoms with Crippen LogP contribution >= 0.6 is 0 Å². The van der Waals surface area contributed by atoms with E-state index in [1.807, 2.05) is 36.4 Å². The Balaban J connectivity index is 1.88. The number of hydrogen-bond acceptors (Lipinski definition) is 6. The van der Waals surface area contributed by atoms with E-state index < -0.39 is 5.56 Å². The zero-order valence-corrected chi connectivity index (χ0v) is 19.5. The van der Waals surface area contributed by atoms with Gasteiger partial charge in [0.1, 0.15) is 28.6 Å². The average Bonchev–Trinajstić information content (AvgIpc) is 3.30. The minimum atomic E-state index is -0.452. The van der Waals surface area contributed by atoms with E-state index in [0.29, 0.717) is 47.0 Å². The first kappa shape index (κ1) is 23.1. The molecule has 4 rings (SSSR count). The van der Waals surface area contributed by atoms with Crippen LogP contribution in [0.5, 0.6) is 17.2 Å². The number of pyridine rings is 1. The molecule has 0 aliphatic heterocycles. The van der Waals surface area contributed by atoms with E-state index >= 15 is 0 Å². The number of benzene rings is 2. The Hall–Kier alpha value is -4.07. The van der Waals surface area contributed by atoms with Gasteiger partial charge < -0.3 is 19.6 Å². The van der Waals surface area contributed by atoms with Crippen LogP contribution in [0.2, 0.25) is 0 Å². The van der Waals surface area contributed by atoms with E-state index in [1.165, 1.54) is 0 Å². The molecule has 2 heterocycles. The van der Waals surface area contributed by atoms with Gasteiger partial charge in [0, 0.05) is 12.1 Å². The van der Waals surface area contributed by atoms with Crippen molar-refractivity contribution in [1.29, 1.82) is 0 Å². The molecule has 4 aromatic rings. The Morgan fingerprint density at radius 3 is 2.29 bits per heavy atom. The van der Waals surface area contributed by atoms with E-state index in [0.717, 1.165) is 18.4 Å². The maximum absolute atomic E-state index is 13.1. The number of aromatic nitrogens is 4. The highest BCUT2D eigenvalue weighted by atomic mass is 16.5. The number of rotatable bonds is 9. The van der Waals surface area contributed by atoms with Gasteiger partial charge in [0.15, 0.2) is 5.82 Å². The number of hydrogen-bond donors (Lipinski definition) is 3. The van der Waals surface area contributed by atoms with Crippen LogP contribution in [0.3, 0.4) is 0 Å². The van der Waals surface area contributed by atoms with Gasteiger partial charge in [-0.1, -0.05) is 49.7 Å². The fraction of sp³-hybridized carbons (Fsp3) is 0.269. The predicted octanol–water partition coefficient (Wildman–Crippen LogP) is 4.48. The molecule has 8 nitrogen and oxygen atoms in total. The summed E-state index contributed by atoms with van der Waals surface area (Å²) in [5, 5.41) is 18.6. The first-order valence-corrected chi connectivity index (χ1v) is 11.2. The van der Waals surface area contributed by atoms with Crippen LogP contribution in [0.1, 0.15) is 36.8 Å². The van der Waals surface area contributed by atoms with Gasteiger partial charge in [-0.25, -0.2) is 4.98 Å². The number of unbranched alkanes of at least 4 members (excludes halogenated alkanes) is 1. The summed E-state index contributed by atoms with van der Waals surface area (Å²) in [6.07, 6.45) is 2.86. The predicted molar refractivity (Wildman–Crippen MR) is 131 cm³/mol. The van der Waals surface area contributed by atoms with Crippen molar-refractivity contribution >= 4 is 0 Å². The lowest BCUT2D eigenvalue weighted by Gasteiger charge is -2.18. The van der Waals surface area contributed by atoms with Crippen molar-refractivity contribution < 1.29 is 14.6 Å². The van der Waals surface area contributed by atoms with Gasteiger partial charge in [0.2, 0.25) is 0 Å². The Bertz CT molecular complexity index is 1310. The summed E-state index contributed by atoms with van der Waals surface area (Å²) >= 11 is 0. The molecule has 0 amide bonds. The molecule has 176 valence electrons. The van der Waals surface area contributed by atoms with Crippen LogP contribution in [-0.4, -0.2) is 39.5 Å². The number of aromatic amines is 2. The second-order valence-corrected chi connectivity index (χ2v) is 7.94. The molecule has 34 heavy (non-hydrogen) atoms. The van der Waals surface area contributed by atoms with Gasteiger partial charge in [-0.2, -0.15) is 5.10 Å². The lowest BCUT2D eigenvalue weighted by atomic mass is 9.95. The molecule has 0 aliphatic carbocycles. The minimum Gasteiger partial charge on any atom is -0.506 e. The highest BCUT2D eigenvalue weighted by molar-refractivity contribution is 5.87. The summed E-state index contributed by atoms with van der Waals surface area (Å²) in [5.41, 5.74) is 2.22. The number of aromatic hydroxyl groups is 1. The summed E-state index contributed by atoms with van der Waals surface area (Å²) < 4.78 is 11.2. The van der Waals surface area contributed by atoms with Gasteiger partial charge in [-0.3, -0.25) is 9.89 Å². The summed E-state index contributed by atoms with van der Waals surface area (Å²) in [4.78, 5) is 20.6. The first-order valence-electron chi connectivity index (χ1n) is 11.2. The summed E-state index contributed by atoms with van der Waals surface area (Å²) in [7, 11) is 3.11. The number of methoxy groups -OCH3 is 2. The highest BCUT2D eigenvalue weighted by Crippen LogP contribution is 2.46. The quantitative estimate of drug-likeness (QED) is 0.339. The maximum atomic E-state index is 13.1. The van der Waals surface area contributed by atoms with Crippen LogP contribution in [-0.2, 0) is 12.8 Å². The van der Waals surface area contributed by atoms with Gasteiger partial charge in [-0.15, -0.1) is 0 Å². The average molecular weight is 461 g/mol. The smallest absolute Gasteiger partial charge is 0.263 e. The molecule has 2 aromatic carbocycles. The van der Waals surface area contributed by atoms with E-state index in [4.69, 9.17) is 9.47 Å². The standard InChI is InChI=1S/C26H28N4O4/c1-4-5-12-17-21(22-18(33-2)13-9-14-19(22)34-3)24(31)23(26(32)27-17)25-28-20(29-30-25)15-16-10-7-6-8-11-16/h6-11,13-14H,4-5,12,15H2,1-3H3,(H2,27,31,32)(H,28,29,30). The van der Waals surface area contributed by atoms with Crippen molar-refractivity contribution in [1.82, 2.24) is 20.2 Å². The second-order valence-electron chi connectivity index (χ2n) is 7.94. The van der Waals surface area contributed by atoms with Crippen molar-refractivity contribution in [3.8, 4) is 39.8 Å². The van der Waals surface area contributed by atoms with Crippen LogP contribution in [0.15, 0.2) is 53.3 Å². The van der Waals surface area contributed by atoms with E-state index in [2.05, 4.69) is 27.1 Å². The summed E-state index contributed by atoms with van der Waals surface area (Å²) in [6, 6.07) is 15.2. The normalized spacial score (nSPS) is 10.9. The molecule has 0 unspecified atom stereocenters. The molecule has 0 aliphatic rings. The first-order chi connectivity index (χ1) is 16.6. The van der Waals surface area contributed by atoms with Crippen molar-refractivity contribution in [2.45, 2.75) is 32.6 Å². The van der Waals surface area contributed by atoms with Gasteiger partial charge in [0.25, 0.3) is 5.56 Å². The van der Waals surface area contributed by atoms with Gasteiger partial charge >= 0.3 is 0 Å². The fourth-order valence-electron chi connectivity index (χ4n) is 4.03. The third-order valence-corrected chi connectivity index (χ3v) is 5.69. The molecular formula is C26H28N4O4. The molecule has 0 fully saturated rings. The zero-order chi connectivity index (χ0) is 24.1. The molecule has 0 atom stereocenters. The number of H-pyrrole nitrogens is 2. The third-order valence-electron chi connectivity index (χ3n) is 5.69. The van der Waals surface area contributed by atoms with Crippen LogP contribution in [0.25, 0.3) is 22.5 Å². The molecule has 8 heteroatoms. The Morgan fingerprint density at radius 1 is 0.941 bits per heavy atom. The molecule has 0 spiro atoms.